The van der Waals surface area contributed by atoms with Gasteiger partial charge < -0.3 is 24.3 Å². The van der Waals surface area contributed by atoms with Crippen LogP contribution in [0.15, 0.2) is 90.1 Å². The SMILES string of the molecule is C=CCN(CC(=O)N(Cc1ccccc1)Cc1ccco1)C(=O)Nc1cccc(OC)c1. The maximum atomic E-state index is 13.2. The molecule has 0 aliphatic heterocycles. The van der Waals surface area contributed by atoms with Gasteiger partial charge in [0.25, 0.3) is 0 Å². The van der Waals surface area contributed by atoms with Gasteiger partial charge >= 0.3 is 6.03 Å². The number of hydrogen-bond donors (Lipinski definition) is 1. The molecule has 0 atom stereocenters. The molecule has 0 fully saturated rings. The standard InChI is InChI=1S/C25H27N3O4/c1-3-14-27(25(30)26-21-11-7-12-22(16-21)31-2)19-24(29)28(18-23-13-8-15-32-23)17-20-9-5-4-6-10-20/h3-13,15-16H,1,14,17-19H2,2H3,(H,26,30). The molecule has 32 heavy (non-hydrogen) atoms. The molecule has 0 aliphatic rings. The van der Waals surface area contributed by atoms with Gasteiger partial charge in [0.15, 0.2) is 0 Å². The van der Waals surface area contributed by atoms with Crippen LogP contribution in [0, 0.1) is 0 Å². The van der Waals surface area contributed by atoms with Crippen LogP contribution in [0.1, 0.15) is 11.3 Å². The zero-order valence-corrected chi connectivity index (χ0v) is 18.1. The first-order valence-electron chi connectivity index (χ1n) is 10.2. The van der Waals surface area contributed by atoms with Crippen LogP contribution >= 0.6 is 0 Å². The van der Waals surface area contributed by atoms with Crippen molar-refractivity contribution in [2.45, 2.75) is 13.1 Å². The van der Waals surface area contributed by atoms with Crippen molar-refractivity contribution in [1.82, 2.24) is 9.80 Å². The van der Waals surface area contributed by atoms with Crippen LogP contribution in [0.4, 0.5) is 10.5 Å². The number of anilines is 1. The summed E-state index contributed by atoms with van der Waals surface area (Å²) in [5.74, 6) is 1.10. The largest absolute Gasteiger partial charge is 0.497 e. The first-order valence-corrected chi connectivity index (χ1v) is 10.2. The molecule has 2 aromatic carbocycles. The van der Waals surface area contributed by atoms with Gasteiger partial charge in [0.2, 0.25) is 5.91 Å². The molecule has 1 aromatic heterocycles. The fourth-order valence-corrected chi connectivity index (χ4v) is 3.17. The van der Waals surface area contributed by atoms with Crippen molar-refractivity contribution in [3.63, 3.8) is 0 Å². The van der Waals surface area contributed by atoms with Crippen molar-refractivity contribution in [3.05, 3.63) is 97.0 Å². The highest BCUT2D eigenvalue weighted by atomic mass is 16.5. The lowest BCUT2D eigenvalue weighted by molar-refractivity contribution is -0.133. The Morgan fingerprint density at radius 2 is 1.84 bits per heavy atom. The number of urea groups is 1. The normalized spacial score (nSPS) is 10.3. The minimum Gasteiger partial charge on any atom is -0.497 e. The second-order valence-electron chi connectivity index (χ2n) is 7.15. The maximum absolute atomic E-state index is 13.2. The number of hydrogen-bond acceptors (Lipinski definition) is 4. The Morgan fingerprint density at radius 1 is 1.03 bits per heavy atom. The van der Waals surface area contributed by atoms with Gasteiger partial charge in [-0.25, -0.2) is 4.79 Å². The lowest BCUT2D eigenvalue weighted by Gasteiger charge is -2.27. The smallest absolute Gasteiger partial charge is 0.322 e. The van der Waals surface area contributed by atoms with E-state index in [1.54, 1.807) is 54.7 Å². The Labute approximate surface area is 187 Å². The van der Waals surface area contributed by atoms with E-state index >= 15 is 0 Å². The van der Waals surface area contributed by atoms with Crippen molar-refractivity contribution >= 4 is 17.6 Å². The average Bonchev–Trinajstić information content (AvgIpc) is 3.32. The summed E-state index contributed by atoms with van der Waals surface area (Å²) < 4.78 is 10.6. The summed E-state index contributed by atoms with van der Waals surface area (Å²) in [5.41, 5.74) is 1.57. The number of nitrogens with one attached hydrogen (secondary N) is 1. The summed E-state index contributed by atoms with van der Waals surface area (Å²) in [6.07, 6.45) is 3.17. The summed E-state index contributed by atoms with van der Waals surface area (Å²) in [7, 11) is 1.56. The summed E-state index contributed by atoms with van der Waals surface area (Å²) >= 11 is 0. The van der Waals surface area contributed by atoms with E-state index in [2.05, 4.69) is 11.9 Å². The van der Waals surface area contributed by atoms with E-state index in [1.807, 2.05) is 36.4 Å². The van der Waals surface area contributed by atoms with Crippen LogP contribution in [-0.2, 0) is 17.9 Å². The number of benzene rings is 2. The van der Waals surface area contributed by atoms with Gasteiger partial charge in [-0.05, 0) is 29.8 Å². The van der Waals surface area contributed by atoms with Crippen LogP contribution in [0.3, 0.4) is 0 Å². The zero-order valence-electron chi connectivity index (χ0n) is 18.1. The Kier molecular flexibility index (Phi) is 8.09. The number of carbonyl (C=O) groups excluding carboxylic acids is 2. The summed E-state index contributed by atoms with van der Waals surface area (Å²) in [6.45, 7) is 4.55. The molecule has 0 radical (unpaired) electrons. The number of methoxy groups -OCH3 is 1. The molecule has 0 bridgehead atoms. The number of ether oxygens (including phenoxy) is 1. The minimum atomic E-state index is -0.399. The number of nitrogens with zero attached hydrogens (tertiary/aromatic N) is 2. The van der Waals surface area contributed by atoms with Crippen molar-refractivity contribution in [3.8, 4) is 5.75 Å². The second-order valence-corrected chi connectivity index (χ2v) is 7.15. The number of amides is 3. The molecule has 3 rings (SSSR count). The highest BCUT2D eigenvalue weighted by Crippen LogP contribution is 2.17. The molecule has 0 unspecified atom stereocenters. The summed E-state index contributed by atoms with van der Waals surface area (Å²) in [4.78, 5) is 29.2. The monoisotopic (exact) mass is 433 g/mol. The summed E-state index contributed by atoms with van der Waals surface area (Å²) in [6, 6.07) is 19.9. The lowest BCUT2D eigenvalue weighted by atomic mass is 10.2. The molecule has 0 saturated carbocycles. The molecule has 1 heterocycles. The molecule has 7 nitrogen and oxygen atoms in total. The third-order valence-electron chi connectivity index (χ3n) is 4.78. The van der Waals surface area contributed by atoms with Gasteiger partial charge in [-0.1, -0.05) is 42.5 Å². The first-order chi connectivity index (χ1) is 15.6. The van der Waals surface area contributed by atoms with Gasteiger partial charge in [0.1, 0.15) is 18.1 Å². The maximum Gasteiger partial charge on any atom is 0.322 e. The second kappa shape index (κ2) is 11.4. The van der Waals surface area contributed by atoms with Crippen LogP contribution in [0.25, 0.3) is 0 Å². The highest BCUT2D eigenvalue weighted by molar-refractivity contribution is 5.92. The van der Waals surface area contributed by atoms with Gasteiger partial charge in [0, 0.05) is 24.8 Å². The topological polar surface area (TPSA) is 75.0 Å². The van der Waals surface area contributed by atoms with Gasteiger partial charge in [-0.2, -0.15) is 0 Å². The van der Waals surface area contributed by atoms with Crippen LogP contribution in [0.2, 0.25) is 0 Å². The van der Waals surface area contributed by atoms with E-state index in [0.29, 0.717) is 30.3 Å². The quantitative estimate of drug-likeness (QED) is 0.477. The van der Waals surface area contributed by atoms with Gasteiger partial charge in [-0.3, -0.25) is 4.79 Å². The Morgan fingerprint density at radius 3 is 2.53 bits per heavy atom. The van der Waals surface area contributed by atoms with Crippen LogP contribution in [0.5, 0.6) is 5.75 Å². The van der Waals surface area contributed by atoms with Crippen molar-refractivity contribution < 1.29 is 18.7 Å². The molecule has 3 amide bonds. The third-order valence-corrected chi connectivity index (χ3v) is 4.78. The highest BCUT2D eigenvalue weighted by Gasteiger charge is 2.22. The molecule has 1 N–H and O–H groups in total. The predicted octanol–water partition coefficient (Wildman–Crippen LogP) is 4.54. The Bertz CT molecular complexity index is 1020. The minimum absolute atomic E-state index is 0.102. The number of rotatable bonds is 10. The number of carbonyl (C=O) groups is 2. The predicted molar refractivity (Wildman–Crippen MR) is 123 cm³/mol. The van der Waals surface area contributed by atoms with E-state index < -0.39 is 6.03 Å². The van der Waals surface area contributed by atoms with E-state index in [9.17, 15) is 9.59 Å². The first kappa shape index (κ1) is 22.7. The van der Waals surface area contributed by atoms with Crippen molar-refractivity contribution in [2.75, 3.05) is 25.5 Å². The summed E-state index contributed by atoms with van der Waals surface area (Å²) in [5, 5.41) is 2.81. The Balaban J connectivity index is 1.72. The van der Waals surface area contributed by atoms with E-state index in [0.717, 1.165) is 5.56 Å². The van der Waals surface area contributed by atoms with E-state index in [-0.39, 0.29) is 19.0 Å². The zero-order chi connectivity index (χ0) is 22.8. The molecule has 7 heteroatoms. The van der Waals surface area contributed by atoms with E-state index in [4.69, 9.17) is 9.15 Å². The van der Waals surface area contributed by atoms with Crippen molar-refractivity contribution in [1.29, 1.82) is 0 Å². The fourth-order valence-electron chi connectivity index (χ4n) is 3.17. The molecule has 3 aromatic rings. The van der Waals surface area contributed by atoms with Gasteiger partial charge in [0.05, 0.1) is 19.9 Å². The molecule has 0 aliphatic carbocycles. The van der Waals surface area contributed by atoms with E-state index in [1.165, 1.54) is 4.90 Å². The number of furan rings is 1. The fraction of sp³-hybridized carbons (Fsp3) is 0.200. The van der Waals surface area contributed by atoms with Crippen LogP contribution in [-0.4, -0.2) is 41.9 Å². The molecule has 166 valence electrons. The Hall–Kier alpha value is -4.00. The van der Waals surface area contributed by atoms with Crippen molar-refractivity contribution in [2.24, 2.45) is 0 Å². The van der Waals surface area contributed by atoms with Gasteiger partial charge in [-0.15, -0.1) is 6.58 Å². The third kappa shape index (κ3) is 6.50. The average molecular weight is 434 g/mol. The molecule has 0 saturated heterocycles. The molecule has 0 spiro atoms. The van der Waals surface area contributed by atoms with Crippen LogP contribution < -0.4 is 10.1 Å². The lowest BCUT2D eigenvalue weighted by Crippen LogP contribution is -2.44. The molecular weight excluding hydrogens is 406 g/mol. The molecular formula is C25H27N3O4.